The maximum absolute atomic E-state index is 11.4. The number of carbonyl (C=O) groups excluding carboxylic acids is 2. The van der Waals surface area contributed by atoms with E-state index in [-0.39, 0.29) is 0 Å². The Morgan fingerprint density at radius 1 is 0.652 bits per heavy atom. The standard InChI is InChI=1S/C18H14O5/c19-17(22-15-7-3-1-4-8-15)11-13-21-14-12-18(20)23-16-9-5-2-6-10-16/h1-14H. The van der Waals surface area contributed by atoms with Gasteiger partial charge in [-0.1, -0.05) is 36.4 Å². The minimum absolute atomic E-state index is 0.434. The molecule has 0 aliphatic carbocycles. The molecule has 2 aromatic rings. The van der Waals surface area contributed by atoms with Crippen molar-refractivity contribution in [2.45, 2.75) is 0 Å². The molecule has 23 heavy (non-hydrogen) atoms. The molecule has 116 valence electrons. The Bertz CT molecular complexity index is 628. The van der Waals surface area contributed by atoms with Crippen molar-refractivity contribution in [2.75, 3.05) is 0 Å². The third-order valence-corrected chi connectivity index (χ3v) is 2.49. The van der Waals surface area contributed by atoms with Gasteiger partial charge in [-0.25, -0.2) is 9.59 Å². The number of hydrogen-bond acceptors (Lipinski definition) is 5. The summed E-state index contributed by atoms with van der Waals surface area (Å²) in [6, 6.07) is 17.3. The molecule has 5 heteroatoms. The summed E-state index contributed by atoms with van der Waals surface area (Å²) in [7, 11) is 0. The lowest BCUT2D eigenvalue weighted by Crippen LogP contribution is -2.04. The fourth-order valence-electron chi connectivity index (χ4n) is 1.51. The highest BCUT2D eigenvalue weighted by Gasteiger charge is 2.00. The highest BCUT2D eigenvalue weighted by Crippen LogP contribution is 2.09. The molecule has 0 amide bonds. The number of benzene rings is 2. The van der Waals surface area contributed by atoms with E-state index >= 15 is 0 Å². The van der Waals surface area contributed by atoms with Crippen molar-refractivity contribution in [3.05, 3.63) is 85.3 Å². The summed E-state index contributed by atoms with van der Waals surface area (Å²) in [5.74, 6) is -0.304. The maximum atomic E-state index is 11.4. The Balaban J connectivity index is 1.71. The second kappa shape index (κ2) is 8.84. The maximum Gasteiger partial charge on any atom is 0.339 e. The van der Waals surface area contributed by atoms with Gasteiger partial charge in [0.1, 0.15) is 11.5 Å². The van der Waals surface area contributed by atoms with Gasteiger partial charge in [0.25, 0.3) is 0 Å². The average Bonchev–Trinajstić information content (AvgIpc) is 2.56. The Morgan fingerprint density at radius 3 is 1.43 bits per heavy atom. The minimum Gasteiger partial charge on any atom is -0.472 e. The predicted octanol–water partition coefficient (Wildman–Crippen LogP) is 3.24. The normalized spacial score (nSPS) is 10.6. The van der Waals surface area contributed by atoms with E-state index in [0.717, 1.165) is 24.7 Å². The third kappa shape index (κ3) is 6.31. The van der Waals surface area contributed by atoms with E-state index in [1.807, 2.05) is 12.1 Å². The van der Waals surface area contributed by atoms with Gasteiger partial charge < -0.3 is 14.2 Å². The number of para-hydroxylation sites is 2. The summed E-state index contributed by atoms with van der Waals surface area (Å²) in [5, 5.41) is 0. The molecule has 0 spiro atoms. The second-order valence-electron chi connectivity index (χ2n) is 4.21. The highest BCUT2D eigenvalue weighted by molar-refractivity contribution is 5.84. The number of carbonyl (C=O) groups is 2. The molecule has 0 aliphatic heterocycles. The lowest BCUT2D eigenvalue weighted by atomic mass is 10.3. The van der Waals surface area contributed by atoms with Gasteiger partial charge >= 0.3 is 11.9 Å². The fourth-order valence-corrected chi connectivity index (χ4v) is 1.51. The lowest BCUT2D eigenvalue weighted by molar-refractivity contribution is -0.129. The zero-order chi connectivity index (χ0) is 16.3. The van der Waals surface area contributed by atoms with Crippen molar-refractivity contribution in [3.8, 4) is 11.5 Å². The van der Waals surface area contributed by atoms with Crippen LogP contribution in [-0.2, 0) is 14.3 Å². The summed E-state index contributed by atoms with van der Waals surface area (Å²) in [6.45, 7) is 0. The van der Waals surface area contributed by atoms with Crippen LogP contribution in [0.5, 0.6) is 11.5 Å². The zero-order valence-corrected chi connectivity index (χ0v) is 12.1. The predicted molar refractivity (Wildman–Crippen MR) is 83.5 cm³/mol. The van der Waals surface area contributed by atoms with Gasteiger partial charge in [-0.05, 0) is 24.3 Å². The monoisotopic (exact) mass is 310 g/mol. The summed E-state index contributed by atoms with van der Waals surface area (Å²) >= 11 is 0. The van der Waals surface area contributed by atoms with Crippen molar-refractivity contribution in [2.24, 2.45) is 0 Å². The van der Waals surface area contributed by atoms with Crippen LogP contribution >= 0.6 is 0 Å². The summed E-state index contributed by atoms with van der Waals surface area (Å²) < 4.78 is 14.9. The van der Waals surface area contributed by atoms with Gasteiger partial charge in [0.15, 0.2) is 0 Å². The van der Waals surface area contributed by atoms with E-state index in [1.54, 1.807) is 48.5 Å². The van der Waals surface area contributed by atoms with Crippen molar-refractivity contribution in [1.82, 2.24) is 0 Å². The topological polar surface area (TPSA) is 61.8 Å². The van der Waals surface area contributed by atoms with Gasteiger partial charge in [-0.3, -0.25) is 0 Å². The van der Waals surface area contributed by atoms with E-state index in [2.05, 4.69) is 0 Å². The number of ether oxygens (including phenoxy) is 3. The molecule has 0 radical (unpaired) electrons. The molecule has 0 fully saturated rings. The third-order valence-electron chi connectivity index (χ3n) is 2.49. The molecule has 2 aromatic carbocycles. The Kier molecular flexibility index (Phi) is 6.16. The Morgan fingerprint density at radius 2 is 1.04 bits per heavy atom. The van der Waals surface area contributed by atoms with Gasteiger partial charge in [0.05, 0.1) is 24.7 Å². The number of hydrogen-bond donors (Lipinski definition) is 0. The first-order chi connectivity index (χ1) is 11.2. The van der Waals surface area contributed by atoms with Gasteiger partial charge in [-0.15, -0.1) is 0 Å². The van der Waals surface area contributed by atoms with E-state index < -0.39 is 11.9 Å². The van der Waals surface area contributed by atoms with Crippen molar-refractivity contribution in [1.29, 1.82) is 0 Å². The smallest absolute Gasteiger partial charge is 0.339 e. The van der Waals surface area contributed by atoms with Crippen molar-refractivity contribution in [3.63, 3.8) is 0 Å². The van der Waals surface area contributed by atoms with Crippen LogP contribution in [-0.4, -0.2) is 11.9 Å². The van der Waals surface area contributed by atoms with Crippen molar-refractivity contribution < 1.29 is 23.8 Å². The van der Waals surface area contributed by atoms with E-state index in [9.17, 15) is 9.59 Å². The molecule has 0 aliphatic rings. The van der Waals surface area contributed by atoms with Crippen LogP contribution in [0, 0.1) is 0 Å². The summed E-state index contributed by atoms with van der Waals surface area (Å²) in [6.07, 6.45) is 4.41. The van der Waals surface area contributed by atoms with Crippen LogP contribution in [0.4, 0.5) is 0 Å². The van der Waals surface area contributed by atoms with Crippen LogP contribution < -0.4 is 9.47 Å². The SMILES string of the molecule is O=C(C=COC=CC(=O)Oc1ccccc1)Oc1ccccc1. The summed E-state index contributed by atoms with van der Waals surface area (Å²) in [4.78, 5) is 22.9. The summed E-state index contributed by atoms with van der Waals surface area (Å²) in [5.41, 5.74) is 0. The Labute approximate surface area is 133 Å². The molecule has 2 rings (SSSR count). The molecule has 0 bridgehead atoms. The molecule has 5 nitrogen and oxygen atoms in total. The van der Waals surface area contributed by atoms with Gasteiger partial charge in [0, 0.05) is 0 Å². The average molecular weight is 310 g/mol. The van der Waals surface area contributed by atoms with Crippen molar-refractivity contribution >= 4 is 11.9 Å². The molecular weight excluding hydrogens is 296 g/mol. The van der Waals surface area contributed by atoms with E-state index in [0.29, 0.717) is 11.5 Å². The molecule has 0 aromatic heterocycles. The molecule has 0 atom stereocenters. The first kappa shape index (κ1) is 16.0. The van der Waals surface area contributed by atoms with E-state index in [4.69, 9.17) is 14.2 Å². The number of esters is 2. The minimum atomic E-state index is -0.587. The molecule has 0 unspecified atom stereocenters. The lowest BCUT2D eigenvalue weighted by Gasteiger charge is -2.00. The number of rotatable bonds is 6. The molecule has 0 heterocycles. The van der Waals surface area contributed by atoms with Crippen LogP contribution in [0.15, 0.2) is 85.3 Å². The molecule has 0 N–H and O–H groups in total. The van der Waals surface area contributed by atoms with Crippen LogP contribution in [0.1, 0.15) is 0 Å². The zero-order valence-electron chi connectivity index (χ0n) is 12.1. The molecule has 0 saturated carbocycles. The quantitative estimate of drug-likeness (QED) is 0.355. The molecule has 0 saturated heterocycles. The highest BCUT2D eigenvalue weighted by atomic mass is 16.5. The second-order valence-corrected chi connectivity index (χ2v) is 4.21. The first-order valence-electron chi connectivity index (χ1n) is 6.76. The van der Waals surface area contributed by atoms with E-state index in [1.165, 1.54) is 0 Å². The largest absolute Gasteiger partial charge is 0.472 e. The Hall–Kier alpha value is -3.34. The van der Waals surface area contributed by atoms with Gasteiger partial charge in [0.2, 0.25) is 0 Å². The van der Waals surface area contributed by atoms with Crippen LogP contribution in [0.2, 0.25) is 0 Å². The molecular formula is C18H14O5. The fraction of sp³-hybridized carbons (Fsp3) is 0. The first-order valence-corrected chi connectivity index (χ1v) is 6.76. The van der Waals surface area contributed by atoms with Crippen LogP contribution in [0.25, 0.3) is 0 Å². The van der Waals surface area contributed by atoms with Crippen LogP contribution in [0.3, 0.4) is 0 Å². The van der Waals surface area contributed by atoms with Gasteiger partial charge in [-0.2, -0.15) is 0 Å².